The number of hydrogen-bond donors (Lipinski definition) is 2. The molecule has 2 N–H and O–H groups in total. The highest BCUT2D eigenvalue weighted by Gasteiger charge is 2.37. The number of rotatable bonds is 11. The Kier molecular flexibility index (Phi) is 8.50. The molecule has 2 aromatic carbocycles. The van der Waals surface area contributed by atoms with E-state index in [1.165, 1.54) is 17.5 Å². The van der Waals surface area contributed by atoms with Crippen LogP contribution in [-0.4, -0.2) is 55.3 Å². The molecule has 1 saturated heterocycles. The van der Waals surface area contributed by atoms with Crippen LogP contribution < -0.4 is 15.4 Å². The second kappa shape index (κ2) is 12.0. The van der Waals surface area contributed by atoms with Gasteiger partial charge in [-0.3, -0.25) is 9.59 Å². The third kappa shape index (κ3) is 6.07. The first kappa shape index (κ1) is 24.9. The first-order valence-electron chi connectivity index (χ1n) is 12.2. The maximum absolute atomic E-state index is 13.1. The fourth-order valence-electron chi connectivity index (χ4n) is 4.61. The lowest BCUT2D eigenvalue weighted by Crippen LogP contribution is -2.46. The molecule has 0 radical (unpaired) electrons. The summed E-state index contributed by atoms with van der Waals surface area (Å²) in [5.41, 5.74) is 3.57. The van der Waals surface area contributed by atoms with Gasteiger partial charge in [0.2, 0.25) is 5.91 Å². The minimum Gasteiger partial charge on any atom is -0.489 e. The van der Waals surface area contributed by atoms with E-state index >= 15 is 0 Å². The molecule has 4 rings (SSSR count). The van der Waals surface area contributed by atoms with Gasteiger partial charge in [-0.25, -0.2) is 0 Å². The van der Waals surface area contributed by atoms with Crippen LogP contribution in [0.5, 0.6) is 5.75 Å². The van der Waals surface area contributed by atoms with Gasteiger partial charge < -0.3 is 29.8 Å². The van der Waals surface area contributed by atoms with Crippen molar-refractivity contribution in [3.8, 4) is 5.75 Å². The number of nitrogens with one attached hydrogen (secondary N) is 2. The fraction of sp³-hybridized carbons (Fsp3) is 0.444. The summed E-state index contributed by atoms with van der Waals surface area (Å²) in [5, 5.41) is 6.19. The molecule has 186 valence electrons. The molecule has 1 fully saturated rings. The third-order valence-corrected chi connectivity index (χ3v) is 6.67. The molecule has 2 aliphatic rings. The van der Waals surface area contributed by atoms with Gasteiger partial charge >= 0.3 is 0 Å². The van der Waals surface area contributed by atoms with Gasteiger partial charge in [0.1, 0.15) is 24.7 Å². The summed E-state index contributed by atoms with van der Waals surface area (Å²) in [7, 11) is 1.53. The molecule has 8 heteroatoms. The monoisotopic (exact) mass is 479 g/mol. The largest absolute Gasteiger partial charge is 0.489 e. The summed E-state index contributed by atoms with van der Waals surface area (Å²) in [4.78, 5) is 37.9. The standard InChI is InChI=1S/C27H33N3O5/c1-28-26(32)24(5-3-13-31)30-17-23-22(27(30)33)4-2-6-25(23)35-18-20-9-7-19(8-10-20)16-29-21-11-14-34-15-12-21/h2,4,6-10,13,21,24,29H,3,5,11-12,14-18H2,1H3,(H,28,32). The zero-order valence-corrected chi connectivity index (χ0v) is 20.1. The minimum absolute atomic E-state index is 0.210. The van der Waals surface area contributed by atoms with E-state index in [0.717, 1.165) is 50.0 Å². The van der Waals surface area contributed by atoms with Gasteiger partial charge in [-0.05, 0) is 42.5 Å². The van der Waals surface area contributed by atoms with Gasteiger partial charge in [-0.15, -0.1) is 0 Å². The molecule has 2 aliphatic heterocycles. The van der Waals surface area contributed by atoms with E-state index in [2.05, 4.69) is 34.9 Å². The number of aldehydes is 1. The zero-order chi connectivity index (χ0) is 24.6. The Bertz CT molecular complexity index is 1030. The maximum Gasteiger partial charge on any atom is 0.255 e. The highest BCUT2D eigenvalue weighted by Crippen LogP contribution is 2.33. The van der Waals surface area contributed by atoms with Crippen molar-refractivity contribution >= 4 is 18.1 Å². The summed E-state index contributed by atoms with van der Waals surface area (Å²) < 4.78 is 11.5. The van der Waals surface area contributed by atoms with E-state index in [4.69, 9.17) is 9.47 Å². The molecule has 2 heterocycles. The van der Waals surface area contributed by atoms with Crippen LogP contribution >= 0.6 is 0 Å². The van der Waals surface area contributed by atoms with Crippen LogP contribution in [0.1, 0.15) is 52.7 Å². The van der Waals surface area contributed by atoms with Crippen LogP contribution in [0.4, 0.5) is 0 Å². The van der Waals surface area contributed by atoms with E-state index in [0.29, 0.717) is 24.0 Å². The molecule has 1 atom stereocenters. The van der Waals surface area contributed by atoms with Crippen molar-refractivity contribution in [2.75, 3.05) is 20.3 Å². The van der Waals surface area contributed by atoms with E-state index in [9.17, 15) is 14.4 Å². The molecular weight excluding hydrogens is 446 g/mol. The molecule has 35 heavy (non-hydrogen) atoms. The third-order valence-electron chi connectivity index (χ3n) is 6.67. The zero-order valence-electron chi connectivity index (χ0n) is 20.1. The molecule has 0 spiro atoms. The van der Waals surface area contributed by atoms with E-state index in [1.54, 1.807) is 12.1 Å². The van der Waals surface area contributed by atoms with Gasteiger partial charge in [0.15, 0.2) is 0 Å². The summed E-state index contributed by atoms with van der Waals surface area (Å²) in [6, 6.07) is 13.5. The van der Waals surface area contributed by atoms with Crippen molar-refractivity contribution in [1.82, 2.24) is 15.5 Å². The number of amides is 2. The lowest BCUT2D eigenvalue weighted by Gasteiger charge is -2.25. The highest BCUT2D eigenvalue weighted by atomic mass is 16.5. The topological polar surface area (TPSA) is 97.0 Å². The number of likely N-dealkylation sites (N-methyl/N-ethyl adjacent to an activating group) is 1. The number of carbonyl (C=O) groups excluding carboxylic acids is 3. The van der Waals surface area contributed by atoms with Gasteiger partial charge in [-0.2, -0.15) is 0 Å². The van der Waals surface area contributed by atoms with Crippen LogP contribution in [0.15, 0.2) is 42.5 Å². The lowest BCUT2D eigenvalue weighted by atomic mass is 10.1. The van der Waals surface area contributed by atoms with Gasteiger partial charge in [-0.1, -0.05) is 30.3 Å². The highest BCUT2D eigenvalue weighted by molar-refractivity contribution is 6.01. The second-order valence-electron chi connectivity index (χ2n) is 8.96. The predicted molar refractivity (Wildman–Crippen MR) is 131 cm³/mol. The molecule has 0 bridgehead atoms. The van der Waals surface area contributed by atoms with Gasteiger partial charge in [0.05, 0.1) is 6.54 Å². The summed E-state index contributed by atoms with van der Waals surface area (Å²) >= 11 is 0. The Morgan fingerprint density at radius 3 is 2.63 bits per heavy atom. The number of ether oxygens (including phenoxy) is 2. The molecule has 2 amide bonds. The van der Waals surface area contributed by atoms with Crippen LogP contribution in [0.25, 0.3) is 0 Å². The predicted octanol–water partition coefficient (Wildman–Crippen LogP) is 2.58. The fourth-order valence-corrected chi connectivity index (χ4v) is 4.61. The Morgan fingerprint density at radius 1 is 1.17 bits per heavy atom. The number of carbonyl (C=O) groups is 3. The molecule has 0 saturated carbocycles. The van der Waals surface area contributed by atoms with Crippen LogP contribution in [-0.2, 0) is 34.0 Å². The SMILES string of the molecule is CNC(=O)C(CCC=O)N1Cc2c(OCc3ccc(CNC4CCOCC4)cc3)cccc2C1=O. The first-order valence-corrected chi connectivity index (χ1v) is 12.2. The van der Waals surface area contributed by atoms with E-state index in [-0.39, 0.29) is 31.2 Å². The molecular formula is C27H33N3O5. The number of nitrogens with zero attached hydrogens (tertiary/aromatic N) is 1. The van der Waals surface area contributed by atoms with Crippen LogP contribution in [0.2, 0.25) is 0 Å². The van der Waals surface area contributed by atoms with Crippen LogP contribution in [0, 0.1) is 0 Å². The Labute approximate surface area is 206 Å². The van der Waals surface area contributed by atoms with Gasteiger partial charge in [0.25, 0.3) is 5.91 Å². The maximum atomic E-state index is 13.1. The Hall–Kier alpha value is -3.23. The van der Waals surface area contributed by atoms with Gasteiger partial charge in [0, 0.05) is 50.4 Å². The Morgan fingerprint density at radius 2 is 1.91 bits per heavy atom. The van der Waals surface area contributed by atoms with Crippen molar-refractivity contribution in [3.05, 3.63) is 64.7 Å². The Balaban J connectivity index is 1.37. The molecule has 8 nitrogen and oxygen atoms in total. The average Bonchev–Trinajstić information content (AvgIpc) is 3.24. The smallest absolute Gasteiger partial charge is 0.255 e. The lowest BCUT2D eigenvalue weighted by molar-refractivity contribution is -0.125. The van der Waals surface area contributed by atoms with E-state index < -0.39 is 6.04 Å². The van der Waals surface area contributed by atoms with Crippen molar-refractivity contribution in [2.24, 2.45) is 0 Å². The molecule has 0 aliphatic carbocycles. The molecule has 0 aromatic heterocycles. The summed E-state index contributed by atoms with van der Waals surface area (Å²) in [5.74, 6) is 0.142. The van der Waals surface area contributed by atoms with Crippen LogP contribution in [0.3, 0.4) is 0 Å². The summed E-state index contributed by atoms with van der Waals surface area (Å²) in [6.45, 7) is 3.13. The number of hydrogen-bond acceptors (Lipinski definition) is 6. The van der Waals surface area contributed by atoms with Crippen molar-refractivity contribution in [3.63, 3.8) is 0 Å². The first-order chi connectivity index (χ1) is 17.1. The molecule has 2 aromatic rings. The van der Waals surface area contributed by atoms with Crippen molar-refractivity contribution < 1.29 is 23.9 Å². The number of fused-ring (bicyclic) bond motifs is 1. The second-order valence-corrected chi connectivity index (χ2v) is 8.96. The average molecular weight is 480 g/mol. The quantitative estimate of drug-likeness (QED) is 0.481. The van der Waals surface area contributed by atoms with Crippen molar-refractivity contribution in [2.45, 2.75) is 57.5 Å². The normalized spacial score (nSPS) is 16.6. The molecule has 1 unspecified atom stereocenters. The minimum atomic E-state index is -0.694. The number of benzene rings is 2. The van der Waals surface area contributed by atoms with Crippen molar-refractivity contribution in [1.29, 1.82) is 0 Å². The van der Waals surface area contributed by atoms with E-state index in [1.807, 2.05) is 6.07 Å². The summed E-state index contributed by atoms with van der Waals surface area (Å²) in [6.07, 6.45) is 3.36.